The highest BCUT2D eigenvalue weighted by Crippen LogP contribution is 2.26. The van der Waals surface area contributed by atoms with Gasteiger partial charge in [-0.25, -0.2) is 14.8 Å². The molecule has 20 nitrogen and oxygen atoms in total. The molecule has 6 N–H and O–H groups in total. The summed E-state index contributed by atoms with van der Waals surface area (Å²) in [5.41, 5.74) is 5.11. The molecule has 330 valence electrons. The molecule has 2 heterocycles. The standard InChI is InChI=1S/C39H44F3N11O9/c1-4-52(2)29-11-7-24(19-25(29)20-43)33(55)46-14-16-62-18-17-61-15-13-45-30(54)12-10-28(36(58)60-3)49-34(56)23-5-8-27(9-6-23)53(37(59)39(40,41)42)22-26-21-47-32-31(48-26)35(57)51-38(44)50-32/h5-9,11,19,21,28H,4,10,12-18,22H2,1-3H3,(H,45,54)(H,46,55)(H,49,56)(H3,44,47,50,51,57)/t28-/m0/s1. The summed E-state index contributed by atoms with van der Waals surface area (Å²) in [4.78, 5) is 91.3. The number of carbonyl (C=O) groups excluding carboxylic acids is 5. The Morgan fingerprint density at radius 2 is 1.61 bits per heavy atom. The van der Waals surface area contributed by atoms with Crippen molar-refractivity contribution in [3.63, 3.8) is 0 Å². The summed E-state index contributed by atoms with van der Waals surface area (Å²) in [6.45, 7) is 3.00. The van der Waals surface area contributed by atoms with E-state index in [9.17, 15) is 47.2 Å². The summed E-state index contributed by atoms with van der Waals surface area (Å²) in [5, 5.41) is 17.2. The number of nitrogens with one attached hydrogen (secondary N) is 4. The normalized spacial score (nSPS) is 11.6. The first-order valence-electron chi connectivity index (χ1n) is 18.9. The van der Waals surface area contributed by atoms with E-state index in [4.69, 9.17) is 19.9 Å². The minimum atomic E-state index is -5.31. The molecule has 0 aliphatic heterocycles. The van der Waals surface area contributed by atoms with Crippen LogP contribution in [0.5, 0.6) is 0 Å². The van der Waals surface area contributed by atoms with E-state index in [0.717, 1.165) is 43.3 Å². The molecular weight excluding hydrogens is 823 g/mol. The molecule has 23 heteroatoms. The molecule has 0 saturated heterocycles. The third-order valence-electron chi connectivity index (χ3n) is 8.92. The lowest BCUT2D eigenvalue weighted by atomic mass is 10.1. The maximum absolute atomic E-state index is 13.6. The Labute approximate surface area is 351 Å². The van der Waals surface area contributed by atoms with Gasteiger partial charge in [-0.3, -0.25) is 33.9 Å². The topological polar surface area (TPSA) is 277 Å². The lowest BCUT2D eigenvalue weighted by Crippen LogP contribution is -2.42. The first kappa shape index (κ1) is 47.5. The van der Waals surface area contributed by atoms with Crippen LogP contribution >= 0.6 is 0 Å². The predicted molar refractivity (Wildman–Crippen MR) is 216 cm³/mol. The number of aromatic nitrogens is 4. The summed E-state index contributed by atoms with van der Waals surface area (Å²) < 4.78 is 56.6. The zero-order chi connectivity index (χ0) is 45.4. The van der Waals surface area contributed by atoms with Crippen LogP contribution in [0.25, 0.3) is 11.2 Å². The number of H-pyrrole nitrogens is 1. The molecule has 0 spiro atoms. The number of nitrogens with two attached hydrogens (primary N) is 1. The molecule has 0 aliphatic rings. The van der Waals surface area contributed by atoms with Crippen molar-refractivity contribution >= 4 is 58.1 Å². The molecular formula is C39H44F3N11O9. The molecule has 0 bridgehead atoms. The molecule has 4 rings (SSSR count). The number of aromatic amines is 1. The Kier molecular flexibility index (Phi) is 17.2. The number of ether oxygens (including phenoxy) is 3. The number of nitrogens with zero attached hydrogens (tertiary/aromatic N) is 6. The second kappa shape index (κ2) is 22.4. The Balaban J connectivity index is 1.19. The molecule has 0 saturated carbocycles. The lowest BCUT2D eigenvalue weighted by Gasteiger charge is -2.24. The first-order valence-corrected chi connectivity index (χ1v) is 18.9. The fourth-order valence-electron chi connectivity index (χ4n) is 5.63. The van der Waals surface area contributed by atoms with Gasteiger partial charge in [-0.15, -0.1) is 0 Å². The van der Waals surface area contributed by atoms with Gasteiger partial charge in [0.2, 0.25) is 11.9 Å². The number of methoxy groups -OCH3 is 1. The van der Waals surface area contributed by atoms with Gasteiger partial charge in [-0.1, -0.05) is 0 Å². The molecule has 0 unspecified atom stereocenters. The van der Waals surface area contributed by atoms with E-state index in [1.807, 2.05) is 18.9 Å². The van der Waals surface area contributed by atoms with Gasteiger partial charge >= 0.3 is 18.1 Å². The van der Waals surface area contributed by atoms with Crippen molar-refractivity contribution in [2.45, 2.75) is 38.5 Å². The third-order valence-corrected chi connectivity index (χ3v) is 8.92. The summed E-state index contributed by atoms with van der Waals surface area (Å²) in [6.07, 6.45) is -4.65. The maximum atomic E-state index is 13.6. The Hall–Kier alpha value is -7.19. The summed E-state index contributed by atoms with van der Waals surface area (Å²) in [7, 11) is 2.94. The van der Waals surface area contributed by atoms with Crippen molar-refractivity contribution in [2.24, 2.45) is 0 Å². The fourth-order valence-corrected chi connectivity index (χ4v) is 5.63. The van der Waals surface area contributed by atoms with Crippen LogP contribution in [0.2, 0.25) is 0 Å². The zero-order valence-electron chi connectivity index (χ0n) is 33.8. The molecule has 1 atom stereocenters. The number of benzene rings is 2. The van der Waals surface area contributed by atoms with Crippen LogP contribution in [-0.4, -0.2) is 122 Å². The van der Waals surface area contributed by atoms with Crippen molar-refractivity contribution in [1.82, 2.24) is 35.9 Å². The highest BCUT2D eigenvalue weighted by atomic mass is 19.4. The van der Waals surface area contributed by atoms with Crippen molar-refractivity contribution < 1.29 is 51.4 Å². The highest BCUT2D eigenvalue weighted by Gasteiger charge is 2.43. The summed E-state index contributed by atoms with van der Waals surface area (Å²) >= 11 is 0. The number of nitriles is 1. The van der Waals surface area contributed by atoms with E-state index in [-0.39, 0.29) is 92.3 Å². The average Bonchev–Trinajstić information content (AvgIpc) is 3.26. The Bertz CT molecular complexity index is 2340. The molecule has 2 aromatic heterocycles. The maximum Gasteiger partial charge on any atom is 0.471 e. The summed E-state index contributed by atoms with van der Waals surface area (Å²) in [5.74, 6) is -5.01. The smallest absolute Gasteiger partial charge is 0.467 e. The van der Waals surface area contributed by atoms with Crippen LogP contribution in [0.4, 0.5) is 30.5 Å². The van der Waals surface area contributed by atoms with Crippen LogP contribution < -0.4 is 37.0 Å². The van der Waals surface area contributed by atoms with E-state index in [1.54, 1.807) is 12.1 Å². The number of carbonyl (C=O) groups is 5. The number of nitrogen functional groups attached to an aromatic ring is 1. The highest BCUT2D eigenvalue weighted by molar-refractivity contribution is 6.00. The van der Waals surface area contributed by atoms with E-state index in [2.05, 4.69) is 42.0 Å². The SMILES string of the molecule is CCN(C)c1ccc(C(=O)NCCOCCOCCNC(=O)CC[C@H](NC(=O)c2ccc(N(Cc3cnc4nc(N)[nH]c(=O)c4n3)C(=O)C(F)(F)F)cc2)C(=O)OC)cc1C#N. The number of anilines is 3. The van der Waals surface area contributed by atoms with E-state index < -0.39 is 48.0 Å². The van der Waals surface area contributed by atoms with Crippen molar-refractivity contribution in [3.8, 4) is 6.07 Å². The minimum Gasteiger partial charge on any atom is -0.467 e. The number of hydrogen-bond donors (Lipinski definition) is 5. The number of esters is 1. The van der Waals surface area contributed by atoms with Gasteiger partial charge < -0.3 is 40.8 Å². The van der Waals surface area contributed by atoms with Crippen LogP contribution in [0.3, 0.4) is 0 Å². The second-order valence-corrected chi connectivity index (χ2v) is 13.2. The molecule has 2 aromatic carbocycles. The molecule has 4 aromatic rings. The van der Waals surface area contributed by atoms with Crippen LogP contribution in [-0.2, 0) is 35.1 Å². The van der Waals surface area contributed by atoms with Crippen molar-refractivity contribution in [1.29, 1.82) is 5.26 Å². The molecule has 0 radical (unpaired) electrons. The quantitative estimate of drug-likeness (QED) is 0.0584. The number of amides is 4. The van der Waals surface area contributed by atoms with E-state index in [0.29, 0.717) is 22.6 Å². The average molecular weight is 868 g/mol. The molecule has 62 heavy (non-hydrogen) atoms. The first-order chi connectivity index (χ1) is 29.6. The number of alkyl halides is 3. The molecule has 0 aliphatic carbocycles. The Morgan fingerprint density at radius 3 is 2.24 bits per heavy atom. The van der Waals surface area contributed by atoms with Gasteiger partial charge in [0.1, 0.15) is 12.1 Å². The molecule has 4 amide bonds. The van der Waals surface area contributed by atoms with Crippen LogP contribution in [0.15, 0.2) is 53.5 Å². The van der Waals surface area contributed by atoms with Gasteiger partial charge in [0, 0.05) is 49.9 Å². The number of halogens is 3. The number of hydrogen-bond acceptors (Lipinski definition) is 15. The second-order valence-electron chi connectivity index (χ2n) is 13.2. The number of rotatable bonds is 21. The van der Waals surface area contributed by atoms with Crippen molar-refractivity contribution in [3.05, 3.63) is 81.4 Å². The van der Waals surface area contributed by atoms with Crippen LogP contribution in [0, 0.1) is 11.3 Å². The fraction of sp³-hybridized carbons (Fsp3) is 0.385. The van der Waals surface area contributed by atoms with Gasteiger partial charge in [0.05, 0.1) is 63.2 Å². The summed E-state index contributed by atoms with van der Waals surface area (Å²) in [6, 6.07) is 10.1. The van der Waals surface area contributed by atoms with E-state index in [1.165, 1.54) is 6.07 Å². The monoisotopic (exact) mass is 867 g/mol. The van der Waals surface area contributed by atoms with Gasteiger partial charge in [-0.05, 0) is 55.8 Å². The van der Waals surface area contributed by atoms with Crippen molar-refractivity contribution in [2.75, 3.05) is 75.8 Å². The number of fused-ring (bicyclic) bond motifs is 1. The van der Waals surface area contributed by atoms with E-state index >= 15 is 0 Å². The largest absolute Gasteiger partial charge is 0.471 e. The van der Waals surface area contributed by atoms with Crippen LogP contribution in [0.1, 0.15) is 51.7 Å². The van der Waals surface area contributed by atoms with Gasteiger partial charge in [-0.2, -0.15) is 23.4 Å². The molecule has 0 fully saturated rings. The minimum absolute atomic E-state index is 0.102. The third kappa shape index (κ3) is 13.4. The lowest BCUT2D eigenvalue weighted by molar-refractivity contribution is -0.170. The predicted octanol–water partition coefficient (Wildman–Crippen LogP) is 1.35. The van der Waals surface area contributed by atoms with Gasteiger partial charge in [0.15, 0.2) is 11.2 Å². The zero-order valence-corrected chi connectivity index (χ0v) is 33.8. The Morgan fingerprint density at radius 1 is 0.952 bits per heavy atom. The van der Waals surface area contributed by atoms with Gasteiger partial charge in [0.25, 0.3) is 17.4 Å².